The summed E-state index contributed by atoms with van der Waals surface area (Å²) in [5, 5.41) is 10.8. The molecule has 1 N–H and O–H groups in total. The van der Waals surface area contributed by atoms with Gasteiger partial charge in [0.25, 0.3) is 0 Å². The van der Waals surface area contributed by atoms with Crippen LogP contribution in [0.15, 0.2) is 51.6 Å². The lowest BCUT2D eigenvalue weighted by Crippen LogP contribution is -1.97. The van der Waals surface area contributed by atoms with Gasteiger partial charge in [0.05, 0.1) is 6.54 Å². The molecule has 1 aromatic carbocycles. The van der Waals surface area contributed by atoms with Gasteiger partial charge in [0.1, 0.15) is 5.76 Å². The Balaban J connectivity index is 1.66. The molecule has 0 saturated carbocycles. The molecule has 0 radical (unpaired) electrons. The lowest BCUT2D eigenvalue weighted by atomic mass is 10.2. The molecule has 0 aliphatic rings. The van der Waals surface area contributed by atoms with Crippen LogP contribution in [0.3, 0.4) is 0 Å². The fourth-order valence-electron chi connectivity index (χ4n) is 1.67. The van der Waals surface area contributed by atoms with E-state index < -0.39 is 0 Å². The number of benzene rings is 1. The molecular formula is C13H10IN3O2. The molecule has 96 valence electrons. The lowest BCUT2D eigenvalue weighted by molar-refractivity contribution is 0.493. The van der Waals surface area contributed by atoms with Crippen molar-refractivity contribution in [3.8, 4) is 11.5 Å². The maximum Gasteiger partial charge on any atom is 0.247 e. The van der Waals surface area contributed by atoms with Crippen LogP contribution < -0.4 is 5.32 Å². The fourth-order valence-corrected chi connectivity index (χ4v) is 2.13. The molecule has 0 fully saturated rings. The quantitative estimate of drug-likeness (QED) is 0.715. The standard InChI is InChI=1S/C13H10IN3O2/c14-12-6-5-11(19-12)7-15-10-3-1-9(2-4-10)13-17-16-8-18-13/h1-6,8,15H,7H2. The number of halogens is 1. The third-order valence-electron chi connectivity index (χ3n) is 2.59. The minimum absolute atomic E-state index is 0.520. The zero-order chi connectivity index (χ0) is 13.1. The zero-order valence-electron chi connectivity index (χ0n) is 9.84. The largest absolute Gasteiger partial charge is 0.454 e. The highest BCUT2D eigenvalue weighted by Gasteiger charge is 2.03. The van der Waals surface area contributed by atoms with Crippen molar-refractivity contribution in [2.75, 3.05) is 5.32 Å². The first-order valence-electron chi connectivity index (χ1n) is 5.66. The zero-order valence-corrected chi connectivity index (χ0v) is 12.0. The highest BCUT2D eigenvalue weighted by atomic mass is 127. The predicted octanol–water partition coefficient (Wildman–Crippen LogP) is 3.55. The van der Waals surface area contributed by atoms with Crippen molar-refractivity contribution in [2.24, 2.45) is 0 Å². The van der Waals surface area contributed by atoms with Gasteiger partial charge in [-0.1, -0.05) is 0 Å². The van der Waals surface area contributed by atoms with Crippen LogP contribution in [0, 0.1) is 3.77 Å². The van der Waals surface area contributed by atoms with Gasteiger partial charge in [0.2, 0.25) is 12.3 Å². The van der Waals surface area contributed by atoms with Gasteiger partial charge in [-0.05, 0) is 59.0 Å². The summed E-state index contributed by atoms with van der Waals surface area (Å²) in [6, 6.07) is 11.7. The number of nitrogens with zero attached hydrogens (tertiary/aromatic N) is 2. The van der Waals surface area contributed by atoms with Crippen molar-refractivity contribution >= 4 is 28.3 Å². The van der Waals surface area contributed by atoms with Crippen LogP contribution in [0.2, 0.25) is 0 Å². The molecule has 6 heteroatoms. The van der Waals surface area contributed by atoms with Crippen molar-refractivity contribution in [1.29, 1.82) is 0 Å². The molecule has 19 heavy (non-hydrogen) atoms. The molecule has 0 unspecified atom stereocenters. The Bertz CT molecular complexity index is 647. The molecule has 5 nitrogen and oxygen atoms in total. The van der Waals surface area contributed by atoms with Gasteiger partial charge in [0.15, 0.2) is 3.77 Å². The Hall–Kier alpha value is -1.83. The van der Waals surface area contributed by atoms with Gasteiger partial charge in [-0.15, -0.1) is 10.2 Å². The smallest absolute Gasteiger partial charge is 0.247 e. The molecular weight excluding hydrogens is 357 g/mol. The second kappa shape index (κ2) is 5.43. The SMILES string of the molecule is Ic1ccc(CNc2ccc(-c3nnco3)cc2)o1. The lowest BCUT2D eigenvalue weighted by Gasteiger charge is -2.04. The summed E-state index contributed by atoms with van der Waals surface area (Å²) in [6.45, 7) is 0.656. The summed E-state index contributed by atoms with van der Waals surface area (Å²) in [7, 11) is 0. The van der Waals surface area contributed by atoms with E-state index in [-0.39, 0.29) is 0 Å². The Morgan fingerprint density at radius 1 is 1.11 bits per heavy atom. The Morgan fingerprint density at radius 3 is 2.58 bits per heavy atom. The highest BCUT2D eigenvalue weighted by molar-refractivity contribution is 14.1. The Kier molecular flexibility index (Phi) is 3.49. The second-order valence-electron chi connectivity index (χ2n) is 3.88. The molecule has 0 aliphatic carbocycles. The van der Waals surface area contributed by atoms with Crippen molar-refractivity contribution in [1.82, 2.24) is 10.2 Å². The number of furan rings is 1. The molecule has 3 aromatic rings. The van der Waals surface area contributed by atoms with Gasteiger partial charge in [-0.25, -0.2) is 0 Å². The van der Waals surface area contributed by atoms with Gasteiger partial charge >= 0.3 is 0 Å². The first kappa shape index (κ1) is 12.2. The van der Waals surface area contributed by atoms with Crippen LogP contribution in [0.5, 0.6) is 0 Å². The molecule has 2 heterocycles. The van der Waals surface area contributed by atoms with E-state index in [1.165, 1.54) is 6.39 Å². The molecule has 0 bridgehead atoms. The van der Waals surface area contributed by atoms with Crippen LogP contribution in [-0.4, -0.2) is 10.2 Å². The van der Waals surface area contributed by atoms with Gasteiger partial charge in [0, 0.05) is 11.3 Å². The van der Waals surface area contributed by atoms with Crippen molar-refractivity contribution < 1.29 is 8.83 Å². The van der Waals surface area contributed by atoms with Gasteiger partial charge in [-0.3, -0.25) is 0 Å². The maximum atomic E-state index is 5.48. The van der Waals surface area contributed by atoms with E-state index in [0.717, 1.165) is 20.8 Å². The van der Waals surface area contributed by atoms with Crippen LogP contribution >= 0.6 is 22.6 Å². The summed E-state index contributed by atoms with van der Waals surface area (Å²) >= 11 is 2.15. The summed E-state index contributed by atoms with van der Waals surface area (Å²) in [5.74, 6) is 1.43. The van der Waals surface area contributed by atoms with Crippen molar-refractivity contribution in [2.45, 2.75) is 6.54 Å². The van der Waals surface area contributed by atoms with Crippen molar-refractivity contribution in [3.05, 3.63) is 52.3 Å². The maximum absolute atomic E-state index is 5.48. The van der Waals surface area contributed by atoms with E-state index in [1.54, 1.807) is 0 Å². The summed E-state index contributed by atoms with van der Waals surface area (Å²) in [6.07, 6.45) is 1.32. The summed E-state index contributed by atoms with van der Waals surface area (Å²) in [4.78, 5) is 0. The molecule has 3 rings (SSSR count). The fraction of sp³-hybridized carbons (Fsp3) is 0.0769. The number of rotatable bonds is 4. The van der Waals surface area contributed by atoms with Crippen LogP contribution in [0.4, 0.5) is 5.69 Å². The van der Waals surface area contributed by atoms with E-state index in [4.69, 9.17) is 8.83 Å². The third-order valence-corrected chi connectivity index (χ3v) is 3.17. The number of hydrogen-bond acceptors (Lipinski definition) is 5. The summed E-state index contributed by atoms with van der Waals surface area (Å²) < 4.78 is 11.5. The Labute approximate surface area is 123 Å². The molecule has 0 aliphatic heterocycles. The molecule has 2 aromatic heterocycles. The molecule has 0 saturated heterocycles. The average molecular weight is 367 g/mol. The van der Waals surface area contributed by atoms with Gasteiger partial charge in [-0.2, -0.15) is 0 Å². The van der Waals surface area contributed by atoms with Crippen LogP contribution in [0.1, 0.15) is 5.76 Å². The minimum atomic E-state index is 0.520. The van der Waals surface area contributed by atoms with Crippen molar-refractivity contribution in [3.63, 3.8) is 0 Å². The van der Waals surface area contributed by atoms with E-state index in [0.29, 0.717) is 12.4 Å². The molecule has 0 spiro atoms. The average Bonchev–Trinajstić information content (AvgIpc) is 3.08. The number of aromatic nitrogens is 2. The monoisotopic (exact) mass is 367 g/mol. The normalized spacial score (nSPS) is 10.6. The minimum Gasteiger partial charge on any atom is -0.454 e. The van der Waals surface area contributed by atoms with Crippen LogP contribution in [-0.2, 0) is 6.54 Å². The number of anilines is 1. The molecule has 0 amide bonds. The first-order chi connectivity index (χ1) is 9.31. The van der Waals surface area contributed by atoms with E-state index in [2.05, 4.69) is 38.1 Å². The summed E-state index contributed by atoms with van der Waals surface area (Å²) in [5.41, 5.74) is 1.91. The van der Waals surface area contributed by atoms with Crippen LogP contribution in [0.25, 0.3) is 11.5 Å². The number of hydrogen-bond donors (Lipinski definition) is 1. The van der Waals surface area contributed by atoms with E-state index in [9.17, 15) is 0 Å². The first-order valence-corrected chi connectivity index (χ1v) is 6.74. The number of nitrogens with one attached hydrogen (secondary N) is 1. The Morgan fingerprint density at radius 2 is 1.95 bits per heavy atom. The predicted molar refractivity (Wildman–Crippen MR) is 78.5 cm³/mol. The highest BCUT2D eigenvalue weighted by Crippen LogP contribution is 2.19. The second-order valence-corrected chi connectivity index (χ2v) is 4.94. The third kappa shape index (κ3) is 2.95. The van der Waals surface area contributed by atoms with E-state index >= 15 is 0 Å². The molecule has 0 atom stereocenters. The van der Waals surface area contributed by atoms with Gasteiger partial charge < -0.3 is 14.2 Å². The van der Waals surface area contributed by atoms with E-state index in [1.807, 2.05) is 36.4 Å². The topological polar surface area (TPSA) is 64.1 Å².